The fraction of sp³-hybridized carbons (Fsp3) is 0.500. The van der Waals surface area contributed by atoms with Gasteiger partial charge in [0.1, 0.15) is 17.1 Å². The summed E-state index contributed by atoms with van der Waals surface area (Å²) in [5.41, 5.74) is -0.779. The summed E-state index contributed by atoms with van der Waals surface area (Å²) in [4.78, 5) is 3.82. The van der Waals surface area contributed by atoms with Crippen molar-refractivity contribution in [3.05, 3.63) is 17.8 Å². The molecule has 1 heterocycles. The third-order valence-corrected chi connectivity index (χ3v) is 2.25. The van der Waals surface area contributed by atoms with E-state index in [1.54, 1.807) is 0 Å². The number of alkyl halides is 3. The highest BCUT2D eigenvalue weighted by molar-refractivity contribution is 5.45. The lowest BCUT2D eigenvalue weighted by Gasteiger charge is -2.14. The number of hydrogen-bond acceptors (Lipinski definition) is 3. The summed E-state index contributed by atoms with van der Waals surface area (Å²) in [5.74, 6) is -0.00975. The van der Waals surface area contributed by atoms with Crippen LogP contribution in [0.1, 0.15) is 18.4 Å². The summed E-state index contributed by atoms with van der Waals surface area (Å²) in [7, 11) is 1.52. The molecule has 0 atom stereocenters. The molecule has 2 rings (SSSR count). The molecule has 88 valence electrons. The van der Waals surface area contributed by atoms with Gasteiger partial charge in [0, 0.05) is 7.05 Å². The van der Waals surface area contributed by atoms with Crippen molar-refractivity contribution < 1.29 is 17.9 Å². The topological polar surface area (TPSA) is 34.1 Å². The average Bonchev–Trinajstić information content (AvgIpc) is 3.01. The van der Waals surface area contributed by atoms with Crippen LogP contribution < -0.4 is 10.1 Å². The zero-order valence-corrected chi connectivity index (χ0v) is 8.64. The molecule has 0 spiro atoms. The predicted octanol–water partition coefficient (Wildman–Crippen LogP) is 2.68. The first-order chi connectivity index (χ1) is 7.50. The van der Waals surface area contributed by atoms with Crippen molar-refractivity contribution in [2.24, 2.45) is 0 Å². The molecule has 1 aromatic rings. The number of nitrogens with zero attached hydrogens (tertiary/aromatic N) is 1. The quantitative estimate of drug-likeness (QED) is 0.869. The van der Waals surface area contributed by atoms with Crippen LogP contribution in [0.4, 0.5) is 19.0 Å². The van der Waals surface area contributed by atoms with Gasteiger partial charge in [0.25, 0.3) is 0 Å². The van der Waals surface area contributed by atoms with Gasteiger partial charge in [-0.15, -0.1) is 0 Å². The molecule has 0 unspecified atom stereocenters. The number of hydrogen-bond donors (Lipinski definition) is 1. The number of pyridine rings is 1. The number of halogens is 3. The van der Waals surface area contributed by atoms with Crippen molar-refractivity contribution in [1.29, 1.82) is 0 Å². The van der Waals surface area contributed by atoms with Gasteiger partial charge in [-0.1, -0.05) is 0 Å². The minimum Gasteiger partial charge on any atom is -0.488 e. The molecule has 16 heavy (non-hydrogen) atoms. The highest BCUT2D eigenvalue weighted by Gasteiger charge is 2.36. The van der Waals surface area contributed by atoms with Crippen LogP contribution in [0, 0.1) is 0 Å². The molecule has 1 aliphatic carbocycles. The first-order valence-electron chi connectivity index (χ1n) is 4.92. The second kappa shape index (κ2) is 3.84. The molecular weight excluding hydrogens is 221 g/mol. The van der Waals surface area contributed by atoms with Crippen molar-refractivity contribution >= 4 is 5.82 Å². The molecule has 0 saturated heterocycles. The first-order valence-corrected chi connectivity index (χ1v) is 4.92. The Bertz CT molecular complexity index is 388. The van der Waals surface area contributed by atoms with E-state index in [9.17, 15) is 13.2 Å². The van der Waals surface area contributed by atoms with E-state index in [0.29, 0.717) is 0 Å². The maximum Gasteiger partial charge on any atom is 0.420 e. The summed E-state index contributed by atoms with van der Waals surface area (Å²) in [6.07, 6.45) is -1.76. The maximum atomic E-state index is 12.7. The van der Waals surface area contributed by atoms with Crippen LogP contribution in [-0.2, 0) is 6.18 Å². The normalized spacial score (nSPS) is 16.0. The van der Waals surface area contributed by atoms with Crippen molar-refractivity contribution in [2.45, 2.75) is 25.1 Å². The number of anilines is 1. The molecule has 6 heteroatoms. The molecule has 1 aliphatic rings. The van der Waals surface area contributed by atoms with Crippen LogP contribution in [0.3, 0.4) is 0 Å². The Labute approximate surface area is 90.6 Å². The monoisotopic (exact) mass is 232 g/mol. The van der Waals surface area contributed by atoms with Gasteiger partial charge in [-0.25, -0.2) is 4.98 Å². The molecule has 0 amide bonds. The lowest BCUT2D eigenvalue weighted by Crippen LogP contribution is -2.11. The van der Waals surface area contributed by atoms with E-state index >= 15 is 0 Å². The summed E-state index contributed by atoms with van der Waals surface area (Å²) in [6.45, 7) is 0. The fourth-order valence-electron chi connectivity index (χ4n) is 1.26. The van der Waals surface area contributed by atoms with Crippen LogP contribution in [0.25, 0.3) is 0 Å². The Morgan fingerprint density at radius 2 is 2.12 bits per heavy atom. The van der Waals surface area contributed by atoms with Crippen LogP contribution in [0.2, 0.25) is 0 Å². The maximum absolute atomic E-state index is 12.7. The largest absolute Gasteiger partial charge is 0.488 e. The lowest BCUT2D eigenvalue weighted by molar-refractivity contribution is -0.139. The minimum atomic E-state index is -4.42. The fourth-order valence-corrected chi connectivity index (χ4v) is 1.26. The predicted molar refractivity (Wildman–Crippen MR) is 52.4 cm³/mol. The standard InChI is InChI=1S/C10H11F3N2O/c1-14-9-4-7(10(11,12)13)8(5-15-9)16-6-2-3-6/h4-6H,2-3H2,1H3,(H,14,15). The third kappa shape index (κ3) is 2.37. The summed E-state index contributed by atoms with van der Waals surface area (Å²) in [6, 6.07) is 0.956. The van der Waals surface area contributed by atoms with Gasteiger partial charge in [0.05, 0.1) is 12.3 Å². The number of aromatic nitrogens is 1. The second-order valence-corrected chi connectivity index (χ2v) is 3.63. The Morgan fingerprint density at radius 1 is 1.44 bits per heavy atom. The van der Waals surface area contributed by atoms with Gasteiger partial charge in [0.2, 0.25) is 0 Å². The molecule has 1 aromatic heterocycles. The molecule has 1 fully saturated rings. The van der Waals surface area contributed by atoms with E-state index in [1.165, 1.54) is 7.05 Å². The Balaban J connectivity index is 2.33. The highest BCUT2D eigenvalue weighted by atomic mass is 19.4. The molecular formula is C10H11F3N2O. The Morgan fingerprint density at radius 3 is 2.62 bits per heavy atom. The minimum absolute atomic E-state index is 0.0802. The SMILES string of the molecule is CNc1cc(C(F)(F)F)c(OC2CC2)cn1. The van der Waals surface area contributed by atoms with Gasteiger partial charge >= 0.3 is 6.18 Å². The van der Waals surface area contributed by atoms with Gasteiger partial charge in [-0.05, 0) is 18.9 Å². The van der Waals surface area contributed by atoms with Crippen LogP contribution in [0.5, 0.6) is 5.75 Å². The summed E-state index contributed by atoms with van der Waals surface area (Å²) in [5, 5.41) is 2.57. The molecule has 1 saturated carbocycles. The summed E-state index contributed by atoms with van der Waals surface area (Å²) >= 11 is 0. The van der Waals surface area contributed by atoms with Gasteiger partial charge in [-0.3, -0.25) is 0 Å². The van der Waals surface area contributed by atoms with E-state index in [2.05, 4.69) is 10.3 Å². The molecule has 0 bridgehead atoms. The second-order valence-electron chi connectivity index (χ2n) is 3.63. The van der Waals surface area contributed by atoms with Gasteiger partial charge in [0.15, 0.2) is 0 Å². The number of nitrogens with one attached hydrogen (secondary N) is 1. The zero-order chi connectivity index (χ0) is 11.8. The Kier molecular flexibility index (Phi) is 2.65. The van der Waals surface area contributed by atoms with Crippen LogP contribution in [0.15, 0.2) is 12.3 Å². The van der Waals surface area contributed by atoms with Crippen LogP contribution in [-0.4, -0.2) is 18.1 Å². The van der Waals surface area contributed by atoms with E-state index in [0.717, 1.165) is 25.1 Å². The molecule has 0 aromatic carbocycles. The molecule has 3 nitrogen and oxygen atoms in total. The average molecular weight is 232 g/mol. The summed E-state index contributed by atoms with van der Waals surface area (Å²) < 4.78 is 43.3. The zero-order valence-electron chi connectivity index (χ0n) is 8.64. The first kappa shape index (κ1) is 11.0. The van der Waals surface area contributed by atoms with E-state index in [1.807, 2.05) is 0 Å². The number of rotatable bonds is 3. The van der Waals surface area contributed by atoms with E-state index < -0.39 is 11.7 Å². The van der Waals surface area contributed by atoms with Crippen molar-refractivity contribution in [1.82, 2.24) is 4.98 Å². The van der Waals surface area contributed by atoms with Gasteiger partial charge < -0.3 is 10.1 Å². The van der Waals surface area contributed by atoms with Crippen molar-refractivity contribution in [3.8, 4) is 5.75 Å². The Hall–Kier alpha value is -1.46. The van der Waals surface area contributed by atoms with E-state index in [-0.39, 0.29) is 17.7 Å². The van der Waals surface area contributed by atoms with Gasteiger partial charge in [-0.2, -0.15) is 13.2 Å². The van der Waals surface area contributed by atoms with Crippen molar-refractivity contribution in [3.63, 3.8) is 0 Å². The molecule has 0 radical (unpaired) electrons. The third-order valence-electron chi connectivity index (χ3n) is 2.25. The van der Waals surface area contributed by atoms with Crippen molar-refractivity contribution in [2.75, 3.05) is 12.4 Å². The molecule has 1 N–H and O–H groups in total. The highest BCUT2D eigenvalue weighted by Crippen LogP contribution is 2.39. The lowest BCUT2D eigenvalue weighted by atomic mass is 10.2. The van der Waals surface area contributed by atoms with Crippen LogP contribution >= 0.6 is 0 Å². The molecule has 0 aliphatic heterocycles. The van der Waals surface area contributed by atoms with E-state index in [4.69, 9.17) is 4.74 Å². The smallest absolute Gasteiger partial charge is 0.420 e. The number of ether oxygens (including phenoxy) is 1.